The molecule has 1 rings (SSSR count). The van der Waals surface area contributed by atoms with E-state index in [9.17, 15) is 9.59 Å². The van der Waals surface area contributed by atoms with Crippen molar-refractivity contribution in [3.05, 3.63) is 6.33 Å². The minimum atomic E-state index is -1.05. The molecule has 0 bridgehead atoms. The van der Waals surface area contributed by atoms with Crippen molar-refractivity contribution in [2.75, 3.05) is 19.5 Å². The number of ether oxygens (including phenoxy) is 1. The highest BCUT2D eigenvalue weighted by molar-refractivity contribution is 7.99. The maximum absolute atomic E-state index is 11.7. The largest absolute Gasteiger partial charge is 0.467 e. The summed E-state index contributed by atoms with van der Waals surface area (Å²) in [6.07, 6.45) is 1.59. The second-order valence-electron chi connectivity index (χ2n) is 4.23. The van der Waals surface area contributed by atoms with E-state index in [1.54, 1.807) is 6.33 Å². The smallest absolute Gasteiger partial charge is 0.330 e. The van der Waals surface area contributed by atoms with Crippen molar-refractivity contribution in [2.45, 2.75) is 31.1 Å². The molecule has 1 heterocycles. The van der Waals surface area contributed by atoms with Crippen molar-refractivity contribution in [3.63, 3.8) is 0 Å². The van der Waals surface area contributed by atoms with Gasteiger partial charge >= 0.3 is 5.97 Å². The molecule has 1 atom stereocenters. The Hall–Kier alpha value is -1.61. The normalized spacial score (nSPS) is 12.2. The van der Waals surface area contributed by atoms with Gasteiger partial charge in [-0.2, -0.15) is 0 Å². The number of aromatic nitrogens is 3. The molecule has 2 N–H and O–H groups in total. The number of esters is 1. The van der Waals surface area contributed by atoms with Crippen LogP contribution in [0, 0.1) is 0 Å². The summed E-state index contributed by atoms with van der Waals surface area (Å²) < 4.78 is 6.29. The van der Waals surface area contributed by atoms with Crippen molar-refractivity contribution in [1.29, 1.82) is 0 Å². The first-order valence-electron chi connectivity index (χ1n) is 6.00. The lowest BCUT2D eigenvalue weighted by molar-refractivity contribution is -0.145. The monoisotopic (exact) mass is 302 g/mol. The Morgan fingerprint density at radius 2 is 2.25 bits per heavy atom. The molecule has 8 nitrogen and oxygen atoms in total. The third-order valence-corrected chi connectivity index (χ3v) is 3.39. The van der Waals surface area contributed by atoms with E-state index in [-0.39, 0.29) is 11.8 Å². The van der Waals surface area contributed by atoms with Gasteiger partial charge in [0.2, 0.25) is 5.91 Å². The van der Waals surface area contributed by atoms with Crippen LogP contribution < -0.4 is 5.32 Å². The highest BCUT2D eigenvalue weighted by atomic mass is 32.2. The Labute approximate surface area is 120 Å². The summed E-state index contributed by atoms with van der Waals surface area (Å²) in [7, 11) is 1.19. The van der Waals surface area contributed by atoms with Gasteiger partial charge in [-0.05, 0) is 13.8 Å². The van der Waals surface area contributed by atoms with E-state index in [4.69, 9.17) is 5.11 Å². The Balaban J connectivity index is 2.51. The van der Waals surface area contributed by atoms with Gasteiger partial charge in [-0.1, -0.05) is 11.8 Å². The van der Waals surface area contributed by atoms with E-state index in [0.29, 0.717) is 5.16 Å². The number of amides is 1. The van der Waals surface area contributed by atoms with Crippen molar-refractivity contribution >= 4 is 23.6 Å². The molecule has 0 aliphatic carbocycles. The number of carbonyl (C=O) groups excluding carboxylic acids is 2. The van der Waals surface area contributed by atoms with Crippen molar-refractivity contribution in [3.8, 4) is 0 Å². The predicted molar refractivity (Wildman–Crippen MR) is 72.2 cm³/mol. The van der Waals surface area contributed by atoms with E-state index in [2.05, 4.69) is 20.3 Å². The molecule has 0 fully saturated rings. The van der Waals surface area contributed by atoms with Gasteiger partial charge in [-0.3, -0.25) is 4.79 Å². The third kappa shape index (κ3) is 4.49. The van der Waals surface area contributed by atoms with Crippen LogP contribution in [0.2, 0.25) is 0 Å². The van der Waals surface area contributed by atoms with E-state index in [1.165, 1.54) is 18.9 Å². The molecule has 0 aliphatic rings. The zero-order valence-electron chi connectivity index (χ0n) is 11.6. The molecule has 112 valence electrons. The zero-order valence-corrected chi connectivity index (χ0v) is 12.4. The van der Waals surface area contributed by atoms with Crippen molar-refractivity contribution in [2.24, 2.45) is 0 Å². The summed E-state index contributed by atoms with van der Waals surface area (Å²) in [6, 6.07) is -0.855. The van der Waals surface area contributed by atoms with Crippen molar-refractivity contribution < 1.29 is 19.4 Å². The van der Waals surface area contributed by atoms with Gasteiger partial charge in [0.1, 0.15) is 6.33 Å². The zero-order chi connectivity index (χ0) is 15.1. The highest BCUT2D eigenvalue weighted by Gasteiger charge is 2.20. The van der Waals surface area contributed by atoms with Gasteiger partial charge in [0, 0.05) is 6.04 Å². The van der Waals surface area contributed by atoms with Crippen molar-refractivity contribution in [1.82, 2.24) is 20.1 Å². The average Bonchev–Trinajstić information content (AvgIpc) is 2.90. The number of methoxy groups -OCH3 is 1. The molecule has 0 aliphatic heterocycles. The lowest BCUT2D eigenvalue weighted by Crippen LogP contribution is -2.44. The fourth-order valence-corrected chi connectivity index (χ4v) is 2.23. The van der Waals surface area contributed by atoms with Crippen LogP contribution in [0.3, 0.4) is 0 Å². The maximum Gasteiger partial charge on any atom is 0.330 e. The Kier molecular flexibility index (Phi) is 6.46. The number of nitrogens with zero attached hydrogens (tertiary/aromatic N) is 3. The first kappa shape index (κ1) is 16.4. The number of thioether (sulfide) groups is 1. The van der Waals surface area contributed by atoms with Crippen LogP contribution in [0.25, 0.3) is 0 Å². The Bertz CT molecular complexity index is 463. The first-order chi connectivity index (χ1) is 9.49. The molecule has 1 aromatic heterocycles. The Morgan fingerprint density at radius 1 is 1.55 bits per heavy atom. The van der Waals surface area contributed by atoms with Crippen LogP contribution in [0.5, 0.6) is 0 Å². The lowest BCUT2D eigenvalue weighted by atomic mass is 10.3. The number of rotatable bonds is 7. The number of hydrogen-bond acceptors (Lipinski definition) is 7. The maximum atomic E-state index is 11.7. The van der Waals surface area contributed by atoms with Gasteiger partial charge in [-0.15, -0.1) is 10.2 Å². The number of aliphatic hydroxyl groups is 1. The summed E-state index contributed by atoms with van der Waals surface area (Å²) in [5, 5.41) is 19.7. The molecule has 0 saturated heterocycles. The van der Waals surface area contributed by atoms with E-state index >= 15 is 0 Å². The quantitative estimate of drug-likeness (QED) is 0.521. The molecule has 1 unspecified atom stereocenters. The molecule has 1 aromatic rings. The lowest BCUT2D eigenvalue weighted by Gasteiger charge is -2.14. The minimum Gasteiger partial charge on any atom is -0.467 e. The number of aliphatic hydroxyl groups excluding tert-OH is 1. The second-order valence-corrected chi connectivity index (χ2v) is 5.17. The summed E-state index contributed by atoms with van der Waals surface area (Å²) in [5.74, 6) is -1.01. The summed E-state index contributed by atoms with van der Waals surface area (Å²) >= 11 is 1.21. The summed E-state index contributed by atoms with van der Waals surface area (Å²) in [6.45, 7) is 3.45. The highest BCUT2D eigenvalue weighted by Crippen LogP contribution is 2.18. The molecular formula is C11H18N4O4S. The fourth-order valence-electron chi connectivity index (χ4n) is 1.38. The number of carbonyl (C=O) groups is 2. The van der Waals surface area contributed by atoms with Crippen LogP contribution in [0.15, 0.2) is 11.5 Å². The SMILES string of the molecule is COC(=O)C(CO)NC(=O)CSc1nncn1C(C)C. The standard InChI is InChI=1S/C11H18N4O4S/c1-7(2)15-6-12-14-11(15)20-5-9(17)13-8(4-16)10(18)19-3/h6-8,16H,4-5H2,1-3H3,(H,13,17). The van der Waals surface area contributed by atoms with Gasteiger partial charge in [-0.25, -0.2) is 4.79 Å². The molecule has 0 saturated carbocycles. The Morgan fingerprint density at radius 3 is 2.80 bits per heavy atom. The summed E-state index contributed by atoms with van der Waals surface area (Å²) in [5.41, 5.74) is 0. The molecule has 0 aromatic carbocycles. The van der Waals surface area contributed by atoms with Gasteiger partial charge < -0.3 is 19.7 Å². The number of nitrogens with one attached hydrogen (secondary N) is 1. The fraction of sp³-hybridized carbons (Fsp3) is 0.636. The van der Waals surface area contributed by atoms with Crippen LogP contribution in [-0.2, 0) is 14.3 Å². The van der Waals surface area contributed by atoms with E-state index in [0.717, 1.165) is 0 Å². The topological polar surface area (TPSA) is 106 Å². The van der Waals surface area contributed by atoms with Crippen LogP contribution in [0.4, 0.5) is 0 Å². The third-order valence-electron chi connectivity index (χ3n) is 2.43. The second kappa shape index (κ2) is 7.85. The van der Waals surface area contributed by atoms with E-state index in [1.807, 2.05) is 18.4 Å². The van der Waals surface area contributed by atoms with Crippen LogP contribution >= 0.6 is 11.8 Å². The van der Waals surface area contributed by atoms with Crippen LogP contribution in [-0.4, -0.2) is 57.3 Å². The molecule has 20 heavy (non-hydrogen) atoms. The van der Waals surface area contributed by atoms with Gasteiger partial charge in [0.15, 0.2) is 11.2 Å². The number of hydrogen-bond donors (Lipinski definition) is 2. The molecular weight excluding hydrogens is 284 g/mol. The molecule has 0 radical (unpaired) electrons. The molecule has 9 heteroatoms. The summed E-state index contributed by atoms with van der Waals surface area (Å²) in [4.78, 5) is 22.9. The van der Waals surface area contributed by atoms with Gasteiger partial charge in [0.05, 0.1) is 19.5 Å². The molecule has 0 spiro atoms. The first-order valence-corrected chi connectivity index (χ1v) is 6.98. The van der Waals surface area contributed by atoms with Crippen LogP contribution in [0.1, 0.15) is 19.9 Å². The average molecular weight is 302 g/mol. The van der Waals surface area contributed by atoms with Gasteiger partial charge in [0.25, 0.3) is 0 Å². The predicted octanol–water partition coefficient (Wildman–Crippen LogP) is -0.399. The molecule has 1 amide bonds. The van der Waals surface area contributed by atoms with E-state index < -0.39 is 24.5 Å². The minimum absolute atomic E-state index is 0.0684.